The monoisotopic (exact) mass is 287 g/mol. The third kappa shape index (κ3) is 2.56. The lowest BCUT2D eigenvalue weighted by Gasteiger charge is -2.29. The Balaban J connectivity index is 1.88. The molecule has 1 aliphatic heterocycles. The summed E-state index contributed by atoms with van der Waals surface area (Å²) in [5.41, 5.74) is 2.71. The van der Waals surface area contributed by atoms with Crippen LogP contribution in [0, 0.1) is 22.9 Å². The summed E-state index contributed by atoms with van der Waals surface area (Å²) in [6, 6.07) is 6.54. The van der Waals surface area contributed by atoms with Gasteiger partial charge in [0.15, 0.2) is 0 Å². The van der Waals surface area contributed by atoms with Crippen LogP contribution in [0.3, 0.4) is 0 Å². The first-order valence-electron chi connectivity index (χ1n) is 6.68. The first kappa shape index (κ1) is 13.5. The Morgan fingerprint density at radius 3 is 2.86 bits per heavy atom. The fourth-order valence-corrected chi connectivity index (χ4v) is 2.62. The van der Waals surface area contributed by atoms with E-state index in [-0.39, 0.29) is 11.5 Å². The van der Waals surface area contributed by atoms with E-state index in [1.165, 1.54) is 12.3 Å². The molecule has 0 unspecified atom stereocenters. The normalized spacial score (nSPS) is 13.9. The van der Waals surface area contributed by atoms with Gasteiger partial charge in [0.25, 0.3) is 5.69 Å². The lowest BCUT2D eigenvalue weighted by molar-refractivity contribution is -0.385. The van der Waals surface area contributed by atoms with Crippen molar-refractivity contribution in [1.82, 2.24) is 4.98 Å². The van der Waals surface area contributed by atoms with Crippen molar-refractivity contribution in [3.8, 4) is 0 Å². The maximum Gasteiger partial charge on any atom is 0.290 e. The zero-order valence-corrected chi connectivity index (χ0v) is 11.5. The van der Waals surface area contributed by atoms with E-state index in [0.717, 1.165) is 24.1 Å². The van der Waals surface area contributed by atoms with E-state index in [4.69, 9.17) is 0 Å². The standard InChI is InChI=1S/C15H14FN3O2/c1-10-6-15(17-8-14(10)19(20)21)18-5-4-11-7-13(16)3-2-12(11)9-18/h2-3,6-8H,4-5,9H2,1H3. The average molecular weight is 287 g/mol. The number of nitrogens with zero attached hydrogens (tertiary/aromatic N) is 3. The van der Waals surface area contributed by atoms with Gasteiger partial charge in [-0.2, -0.15) is 0 Å². The van der Waals surface area contributed by atoms with Crippen molar-refractivity contribution >= 4 is 11.5 Å². The Morgan fingerprint density at radius 1 is 1.33 bits per heavy atom. The van der Waals surface area contributed by atoms with E-state index in [9.17, 15) is 14.5 Å². The summed E-state index contributed by atoms with van der Waals surface area (Å²) in [5, 5.41) is 10.8. The van der Waals surface area contributed by atoms with Gasteiger partial charge in [0.05, 0.1) is 4.92 Å². The van der Waals surface area contributed by atoms with Gasteiger partial charge in [0.2, 0.25) is 0 Å². The number of rotatable bonds is 2. The maximum atomic E-state index is 13.2. The van der Waals surface area contributed by atoms with Crippen LogP contribution >= 0.6 is 0 Å². The van der Waals surface area contributed by atoms with E-state index in [2.05, 4.69) is 9.88 Å². The summed E-state index contributed by atoms with van der Waals surface area (Å²) < 4.78 is 13.2. The molecule has 108 valence electrons. The number of halogens is 1. The smallest absolute Gasteiger partial charge is 0.290 e. The number of aryl methyl sites for hydroxylation is 1. The topological polar surface area (TPSA) is 59.3 Å². The van der Waals surface area contributed by atoms with Gasteiger partial charge in [-0.1, -0.05) is 6.07 Å². The Kier molecular flexibility index (Phi) is 3.29. The number of hydrogen-bond donors (Lipinski definition) is 0. The second-order valence-corrected chi connectivity index (χ2v) is 5.17. The molecule has 21 heavy (non-hydrogen) atoms. The van der Waals surface area contributed by atoms with E-state index < -0.39 is 4.92 Å². The number of anilines is 1. The van der Waals surface area contributed by atoms with Crippen molar-refractivity contribution < 1.29 is 9.31 Å². The molecule has 0 bridgehead atoms. The Bertz CT molecular complexity index is 718. The maximum absolute atomic E-state index is 13.2. The van der Waals surface area contributed by atoms with Crippen LogP contribution in [0.2, 0.25) is 0 Å². The number of hydrogen-bond acceptors (Lipinski definition) is 4. The summed E-state index contributed by atoms with van der Waals surface area (Å²) in [7, 11) is 0. The van der Waals surface area contributed by atoms with E-state index in [0.29, 0.717) is 17.9 Å². The highest BCUT2D eigenvalue weighted by molar-refractivity contribution is 5.50. The SMILES string of the molecule is Cc1cc(N2CCc3cc(F)ccc3C2)ncc1[N+](=O)[O-]. The van der Waals surface area contributed by atoms with Crippen LogP contribution in [0.25, 0.3) is 0 Å². The molecular weight excluding hydrogens is 273 g/mol. The van der Waals surface area contributed by atoms with Crippen molar-refractivity contribution in [2.45, 2.75) is 19.9 Å². The molecule has 0 atom stereocenters. The molecule has 0 saturated heterocycles. The van der Waals surface area contributed by atoms with Crippen LogP contribution in [0.15, 0.2) is 30.5 Å². The van der Waals surface area contributed by atoms with Crippen molar-refractivity contribution in [1.29, 1.82) is 0 Å². The van der Waals surface area contributed by atoms with Gasteiger partial charge in [0, 0.05) is 18.7 Å². The highest BCUT2D eigenvalue weighted by atomic mass is 19.1. The summed E-state index contributed by atoms with van der Waals surface area (Å²) in [4.78, 5) is 16.6. The third-order valence-corrected chi connectivity index (χ3v) is 3.77. The molecule has 1 aromatic heterocycles. The van der Waals surface area contributed by atoms with Gasteiger partial charge in [-0.25, -0.2) is 9.37 Å². The van der Waals surface area contributed by atoms with Crippen LogP contribution in [-0.2, 0) is 13.0 Å². The van der Waals surface area contributed by atoms with E-state index in [1.54, 1.807) is 25.1 Å². The predicted molar refractivity (Wildman–Crippen MR) is 76.8 cm³/mol. The third-order valence-electron chi connectivity index (χ3n) is 3.77. The zero-order valence-electron chi connectivity index (χ0n) is 11.5. The van der Waals surface area contributed by atoms with Gasteiger partial charge in [-0.15, -0.1) is 0 Å². The number of benzene rings is 1. The highest BCUT2D eigenvalue weighted by Gasteiger charge is 2.20. The van der Waals surface area contributed by atoms with Crippen LogP contribution in [0.4, 0.5) is 15.9 Å². The van der Waals surface area contributed by atoms with Gasteiger partial charge in [0.1, 0.15) is 17.8 Å². The Hall–Kier alpha value is -2.50. The van der Waals surface area contributed by atoms with Crippen molar-refractivity contribution in [2.24, 2.45) is 0 Å². The zero-order chi connectivity index (χ0) is 15.0. The van der Waals surface area contributed by atoms with Crippen LogP contribution in [0.1, 0.15) is 16.7 Å². The number of aromatic nitrogens is 1. The number of nitro groups is 1. The van der Waals surface area contributed by atoms with Crippen LogP contribution < -0.4 is 4.90 Å². The lowest BCUT2D eigenvalue weighted by Crippen LogP contribution is -2.31. The molecule has 0 amide bonds. The van der Waals surface area contributed by atoms with E-state index in [1.807, 2.05) is 0 Å². The van der Waals surface area contributed by atoms with Crippen LogP contribution in [0.5, 0.6) is 0 Å². The van der Waals surface area contributed by atoms with Gasteiger partial charge >= 0.3 is 0 Å². The van der Waals surface area contributed by atoms with Gasteiger partial charge < -0.3 is 4.90 Å². The molecule has 2 aromatic rings. The molecule has 0 spiro atoms. The Morgan fingerprint density at radius 2 is 2.14 bits per heavy atom. The first-order valence-corrected chi connectivity index (χ1v) is 6.68. The summed E-state index contributed by atoms with van der Waals surface area (Å²) >= 11 is 0. The van der Waals surface area contributed by atoms with E-state index >= 15 is 0 Å². The summed E-state index contributed by atoms with van der Waals surface area (Å²) in [6.45, 7) is 3.07. The molecule has 0 saturated carbocycles. The lowest BCUT2D eigenvalue weighted by atomic mass is 9.99. The summed E-state index contributed by atoms with van der Waals surface area (Å²) in [6.07, 6.45) is 2.04. The van der Waals surface area contributed by atoms with Gasteiger partial charge in [-0.05, 0) is 42.7 Å². The minimum absolute atomic E-state index is 0.0261. The highest BCUT2D eigenvalue weighted by Crippen LogP contribution is 2.26. The number of fused-ring (bicyclic) bond motifs is 1. The molecule has 1 aromatic carbocycles. The first-order chi connectivity index (χ1) is 10.0. The van der Waals surface area contributed by atoms with Crippen molar-refractivity contribution in [2.75, 3.05) is 11.4 Å². The Labute approximate surface area is 121 Å². The fraction of sp³-hybridized carbons (Fsp3) is 0.267. The predicted octanol–water partition coefficient (Wildman–Crippen LogP) is 3.00. The van der Waals surface area contributed by atoms with Crippen LogP contribution in [-0.4, -0.2) is 16.5 Å². The second-order valence-electron chi connectivity index (χ2n) is 5.17. The largest absolute Gasteiger partial charge is 0.352 e. The molecule has 3 rings (SSSR count). The van der Waals surface area contributed by atoms with Gasteiger partial charge in [-0.3, -0.25) is 10.1 Å². The summed E-state index contributed by atoms with van der Waals surface area (Å²) in [5.74, 6) is 0.500. The molecule has 0 fully saturated rings. The van der Waals surface area contributed by atoms with Crippen molar-refractivity contribution in [3.63, 3.8) is 0 Å². The second kappa shape index (κ2) is 5.12. The molecule has 0 N–H and O–H groups in total. The molecule has 0 aliphatic carbocycles. The molecule has 1 aliphatic rings. The number of pyridine rings is 1. The molecule has 0 radical (unpaired) electrons. The minimum atomic E-state index is -0.430. The molecule has 2 heterocycles. The molecular formula is C15H14FN3O2. The fourth-order valence-electron chi connectivity index (χ4n) is 2.62. The molecule has 5 nitrogen and oxygen atoms in total. The quantitative estimate of drug-likeness (QED) is 0.629. The average Bonchev–Trinajstić information content (AvgIpc) is 2.46. The molecule has 6 heteroatoms. The minimum Gasteiger partial charge on any atom is -0.352 e. The van der Waals surface area contributed by atoms with Crippen molar-refractivity contribution in [3.05, 3.63) is 63.1 Å².